The summed E-state index contributed by atoms with van der Waals surface area (Å²) in [6.07, 6.45) is 1.78. The largest absolute Gasteiger partial charge is 0.490 e. The minimum Gasteiger partial charge on any atom is -0.490 e. The topological polar surface area (TPSA) is 58.6 Å². The molecular weight excluding hydrogens is 336 g/mol. The molecule has 3 rings (SSSR count). The van der Waals surface area contributed by atoms with Gasteiger partial charge in [-0.05, 0) is 32.9 Å². The van der Waals surface area contributed by atoms with E-state index in [0.717, 1.165) is 18.6 Å². The van der Waals surface area contributed by atoms with Gasteiger partial charge in [-0.3, -0.25) is 9.59 Å². The van der Waals surface area contributed by atoms with Gasteiger partial charge in [-0.2, -0.15) is 0 Å². The molecule has 2 aliphatic rings. The van der Waals surface area contributed by atoms with Crippen molar-refractivity contribution in [2.24, 2.45) is 0 Å². The molecule has 0 bridgehead atoms. The second-order valence-corrected chi connectivity index (χ2v) is 8.95. The maximum atomic E-state index is 12.7. The Kier molecular flexibility index (Phi) is 5.27. The van der Waals surface area contributed by atoms with E-state index in [9.17, 15) is 9.59 Å². The van der Waals surface area contributed by atoms with Gasteiger partial charge in [0.1, 0.15) is 17.9 Å². The first-order valence-corrected chi connectivity index (χ1v) is 9.81. The fourth-order valence-corrected chi connectivity index (χ4v) is 4.09. The van der Waals surface area contributed by atoms with Crippen LogP contribution in [0.5, 0.6) is 5.75 Å². The normalized spacial score (nSPS) is 23.9. The second-order valence-electron chi connectivity index (χ2n) is 7.30. The lowest BCUT2D eigenvalue weighted by atomic mass is 10.1. The molecule has 0 radical (unpaired) electrons. The molecule has 0 aromatic heterocycles. The maximum Gasteiger partial charge on any atom is 0.246 e. The predicted molar refractivity (Wildman–Crippen MR) is 99.9 cm³/mol. The van der Waals surface area contributed by atoms with Crippen LogP contribution in [0.1, 0.15) is 32.3 Å². The summed E-state index contributed by atoms with van der Waals surface area (Å²) in [6, 6.07) is 7.66. The molecule has 2 saturated heterocycles. The molecule has 1 N–H and O–H groups in total. The third kappa shape index (κ3) is 4.29. The van der Waals surface area contributed by atoms with Crippen LogP contribution in [0.2, 0.25) is 0 Å². The number of piperidine rings is 1. The summed E-state index contributed by atoms with van der Waals surface area (Å²) in [7, 11) is 0. The van der Waals surface area contributed by atoms with E-state index in [4.69, 9.17) is 4.74 Å². The highest BCUT2D eigenvalue weighted by Gasteiger charge is 2.39. The van der Waals surface area contributed by atoms with Gasteiger partial charge in [0, 0.05) is 31.7 Å². The Hall–Kier alpha value is -1.69. The molecule has 136 valence electrons. The Morgan fingerprint density at radius 3 is 2.48 bits per heavy atom. The fourth-order valence-electron chi connectivity index (χ4n) is 3.09. The summed E-state index contributed by atoms with van der Waals surface area (Å²) in [5, 5.41) is 2.88. The summed E-state index contributed by atoms with van der Waals surface area (Å²) < 4.78 is 5.56. The number of carbonyl (C=O) groups excluding carboxylic acids is 2. The van der Waals surface area contributed by atoms with Crippen LogP contribution in [-0.4, -0.2) is 52.4 Å². The third-order valence-electron chi connectivity index (χ3n) is 4.84. The molecule has 0 saturated carbocycles. The minimum atomic E-state index is -0.453. The summed E-state index contributed by atoms with van der Waals surface area (Å²) >= 11 is 1.55. The molecule has 5 nitrogen and oxygen atoms in total. The number of amides is 2. The quantitative estimate of drug-likeness (QED) is 0.897. The summed E-state index contributed by atoms with van der Waals surface area (Å²) in [5.41, 5.74) is 1.21. The van der Waals surface area contributed by atoms with Crippen molar-refractivity contribution >= 4 is 23.6 Å². The Morgan fingerprint density at radius 1 is 1.24 bits per heavy atom. The van der Waals surface area contributed by atoms with Crippen LogP contribution < -0.4 is 10.1 Å². The van der Waals surface area contributed by atoms with Crippen LogP contribution in [-0.2, 0) is 9.59 Å². The van der Waals surface area contributed by atoms with E-state index in [-0.39, 0.29) is 17.9 Å². The van der Waals surface area contributed by atoms with Crippen LogP contribution in [0, 0.1) is 6.92 Å². The number of ether oxygens (including phenoxy) is 1. The number of aryl methyl sites for hydroxylation is 1. The van der Waals surface area contributed by atoms with Crippen molar-refractivity contribution in [3.8, 4) is 5.75 Å². The lowest BCUT2D eigenvalue weighted by Gasteiger charge is -2.38. The monoisotopic (exact) mass is 362 g/mol. The summed E-state index contributed by atoms with van der Waals surface area (Å²) in [5.74, 6) is 1.50. The van der Waals surface area contributed by atoms with Crippen LogP contribution in [0.25, 0.3) is 0 Å². The van der Waals surface area contributed by atoms with E-state index < -0.39 is 10.8 Å². The van der Waals surface area contributed by atoms with Gasteiger partial charge in [0.25, 0.3) is 0 Å². The number of thioether (sulfide) groups is 1. The molecule has 6 heteroatoms. The SMILES string of the molecule is Cc1ccc(OC2CCN(C(=O)[C@@H]3CSC(C)(C)C(=O)N3)CC2)cc1. The van der Waals surface area contributed by atoms with Gasteiger partial charge in [-0.1, -0.05) is 17.7 Å². The highest BCUT2D eigenvalue weighted by Crippen LogP contribution is 2.30. The van der Waals surface area contributed by atoms with Gasteiger partial charge in [0.05, 0.1) is 4.75 Å². The molecule has 1 aromatic carbocycles. The molecule has 25 heavy (non-hydrogen) atoms. The molecule has 2 fully saturated rings. The van der Waals surface area contributed by atoms with E-state index in [1.807, 2.05) is 43.0 Å². The predicted octanol–water partition coefficient (Wildman–Crippen LogP) is 2.38. The van der Waals surface area contributed by atoms with E-state index in [2.05, 4.69) is 12.2 Å². The molecule has 2 amide bonds. The minimum absolute atomic E-state index is 0.0325. The van der Waals surface area contributed by atoms with E-state index >= 15 is 0 Å². The van der Waals surface area contributed by atoms with E-state index in [1.165, 1.54) is 5.56 Å². The number of rotatable bonds is 3. The molecule has 0 spiro atoms. The average molecular weight is 362 g/mol. The van der Waals surface area contributed by atoms with Gasteiger partial charge in [0.15, 0.2) is 0 Å². The van der Waals surface area contributed by atoms with Crippen molar-refractivity contribution in [3.05, 3.63) is 29.8 Å². The van der Waals surface area contributed by atoms with Gasteiger partial charge < -0.3 is 15.0 Å². The Morgan fingerprint density at radius 2 is 1.88 bits per heavy atom. The van der Waals surface area contributed by atoms with Crippen LogP contribution in [0.4, 0.5) is 0 Å². The molecular formula is C19H26N2O3S. The molecule has 1 aromatic rings. The zero-order valence-corrected chi connectivity index (χ0v) is 15.9. The number of hydrogen-bond donors (Lipinski definition) is 1. The van der Waals surface area contributed by atoms with E-state index in [0.29, 0.717) is 18.8 Å². The summed E-state index contributed by atoms with van der Waals surface area (Å²) in [6.45, 7) is 7.19. The van der Waals surface area contributed by atoms with Gasteiger partial charge in [-0.25, -0.2) is 0 Å². The first-order chi connectivity index (χ1) is 11.8. The Bertz CT molecular complexity index is 637. The Labute approximate surface area is 153 Å². The van der Waals surface area contributed by atoms with Gasteiger partial charge in [-0.15, -0.1) is 11.8 Å². The number of nitrogens with zero attached hydrogens (tertiary/aromatic N) is 1. The highest BCUT2D eigenvalue weighted by atomic mass is 32.2. The average Bonchev–Trinajstić information content (AvgIpc) is 2.59. The number of carbonyl (C=O) groups is 2. The van der Waals surface area contributed by atoms with Crippen LogP contribution in [0.15, 0.2) is 24.3 Å². The van der Waals surface area contributed by atoms with Crippen molar-refractivity contribution in [2.45, 2.75) is 50.5 Å². The van der Waals surface area contributed by atoms with Gasteiger partial charge in [0.2, 0.25) is 11.8 Å². The molecule has 0 aliphatic carbocycles. The maximum absolute atomic E-state index is 12.7. The van der Waals surface area contributed by atoms with E-state index in [1.54, 1.807) is 11.8 Å². The lowest BCUT2D eigenvalue weighted by molar-refractivity contribution is -0.138. The molecule has 2 aliphatic heterocycles. The van der Waals surface area contributed by atoms with Crippen molar-refractivity contribution in [1.29, 1.82) is 0 Å². The first-order valence-electron chi connectivity index (χ1n) is 8.82. The number of benzene rings is 1. The molecule has 1 atom stereocenters. The number of nitrogens with one attached hydrogen (secondary N) is 1. The first kappa shape index (κ1) is 18.1. The Balaban J connectivity index is 1.49. The summed E-state index contributed by atoms with van der Waals surface area (Å²) in [4.78, 5) is 26.6. The number of hydrogen-bond acceptors (Lipinski definition) is 4. The van der Waals surface area contributed by atoms with Crippen molar-refractivity contribution in [3.63, 3.8) is 0 Å². The standard InChI is InChI=1S/C19H26N2O3S/c1-13-4-6-14(7-5-13)24-15-8-10-21(11-9-15)17(22)16-12-25-19(2,3)18(23)20-16/h4-7,15-16H,8-12H2,1-3H3,(H,20,23)/t16-/m0/s1. The zero-order valence-electron chi connectivity index (χ0n) is 15.1. The lowest BCUT2D eigenvalue weighted by Crippen LogP contribution is -2.58. The van der Waals surface area contributed by atoms with Crippen molar-refractivity contribution in [2.75, 3.05) is 18.8 Å². The number of likely N-dealkylation sites (tertiary alicyclic amines) is 1. The van der Waals surface area contributed by atoms with Crippen LogP contribution >= 0.6 is 11.8 Å². The highest BCUT2D eigenvalue weighted by molar-refractivity contribution is 8.01. The third-order valence-corrected chi connectivity index (χ3v) is 6.25. The second kappa shape index (κ2) is 7.28. The molecule has 2 heterocycles. The van der Waals surface area contributed by atoms with Crippen molar-refractivity contribution in [1.82, 2.24) is 10.2 Å². The van der Waals surface area contributed by atoms with Gasteiger partial charge >= 0.3 is 0 Å². The zero-order chi connectivity index (χ0) is 18.0. The fraction of sp³-hybridized carbons (Fsp3) is 0.579. The van der Waals surface area contributed by atoms with Crippen LogP contribution in [0.3, 0.4) is 0 Å². The molecule has 0 unspecified atom stereocenters. The smallest absolute Gasteiger partial charge is 0.246 e. The van der Waals surface area contributed by atoms with Crippen molar-refractivity contribution < 1.29 is 14.3 Å².